The van der Waals surface area contributed by atoms with Crippen molar-refractivity contribution in [3.05, 3.63) is 35.9 Å². The molecule has 4 unspecified atom stereocenters. The first-order valence-electron chi connectivity index (χ1n) is 8.45. The second kappa shape index (κ2) is 6.10. The van der Waals surface area contributed by atoms with Crippen LogP contribution in [0.5, 0.6) is 0 Å². The van der Waals surface area contributed by atoms with Gasteiger partial charge < -0.3 is 10.0 Å². The summed E-state index contributed by atoms with van der Waals surface area (Å²) in [6.45, 7) is 4.52. The maximum atomic E-state index is 9.93. The van der Waals surface area contributed by atoms with Crippen molar-refractivity contribution in [2.45, 2.75) is 38.0 Å². The molecule has 3 rings (SSSR count). The Kier molecular flexibility index (Phi) is 4.37. The van der Waals surface area contributed by atoms with Crippen LogP contribution in [0.15, 0.2) is 30.3 Å². The van der Waals surface area contributed by atoms with Gasteiger partial charge in [0.2, 0.25) is 0 Å². The fraction of sp³-hybridized carbons (Fsp3) is 0.684. The van der Waals surface area contributed by atoms with Crippen LogP contribution in [-0.2, 0) is 5.41 Å². The first-order valence-corrected chi connectivity index (χ1v) is 8.45. The predicted molar refractivity (Wildman–Crippen MR) is 87.3 cm³/mol. The number of aliphatic hydroxyl groups excluding tert-OH is 1. The lowest BCUT2D eigenvalue weighted by atomic mass is 9.82. The quantitative estimate of drug-likeness (QED) is 0.868. The minimum Gasteiger partial charge on any atom is -0.395 e. The fourth-order valence-corrected chi connectivity index (χ4v) is 4.73. The zero-order valence-electron chi connectivity index (χ0n) is 13.5. The van der Waals surface area contributed by atoms with Crippen LogP contribution in [-0.4, -0.2) is 36.8 Å². The lowest BCUT2D eigenvalue weighted by Crippen LogP contribution is -2.42. The lowest BCUT2D eigenvalue weighted by Gasteiger charge is -2.35. The Balaban J connectivity index is 1.61. The van der Waals surface area contributed by atoms with Gasteiger partial charge in [-0.15, -0.1) is 0 Å². The van der Waals surface area contributed by atoms with Crippen molar-refractivity contribution in [3.8, 4) is 0 Å². The van der Waals surface area contributed by atoms with E-state index in [2.05, 4.69) is 43.1 Å². The van der Waals surface area contributed by atoms with Crippen molar-refractivity contribution in [3.63, 3.8) is 0 Å². The summed E-state index contributed by atoms with van der Waals surface area (Å²) in [4.78, 5) is 2.45. The molecule has 116 valence electrons. The van der Waals surface area contributed by atoms with Crippen LogP contribution in [0.2, 0.25) is 0 Å². The molecule has 2 aliphatic carbocycles. The molecule has 1 aromatic carbocycles. The van der Waals surface area contributed by atoms with Gasteiger partial charge in [-0.3, -0.25) is 0 Å². The zero-order chi connectivity index (χ0) is 14.9. The molecule has 0 amide bonds. The van der Waals surface area contributed by atoms with Crippen molar-refractivity contribution in [1.29, 1.82) is 0 Å². The number of nitrogens with zero attached hydrogens (tertiary/aromatic N) is 1. The Morgan fingerprint density at radius 1 is 1.19 bits per heavy atom. The molecule has 2 aliphatic rings. The van der Waals surface area contributed by atoms with Crippen LogP contribution in [0.4, 0.5) is 0 Å². The highest BCUT2D eigenvalue weighted by Gasteiger charge is 2.40. The maximum Gasteiger partial charge on any atom is 0.0537 e. The van der Waals surface area contributed by atoms with E-state index in [1.807, 2.05) is 6.07 Å². The summed E-state index contributed by atoms with van der Waals surface area (Å²) >= 11 is 0. The number of likely N-dealkylation sites (N-methyl/N-ethyl adjacent to an activating group) is 1. The molecule has 0 radical (unpaired) electrons. The van der Waals surface area contributed by atoms with Crippen LogP contribution in [0, 0.1) is 17.8 Å². The molecule has 0 aliphatic heterocycles. The van der Waals surface area contributed by atoms with Gasteiger partial charge >= 0.3 is 0 Å². The maximum absolute atomic E-state index is 9.93. The molecule has 2 fully saturated rings. The monoisotopic (exact) mass is 287 g/mol. The van der Waals surface area contributed by atoms with Crippen molar-refractivity contribution in [2.75, 3.05) is 26.7 Å². The smallest absolute Gasteiger partial charge is 0.0537 e. The Hall–Kier alpha value is -0.860. The molecule has 0 aromatic heterocycles. The number of hydrogen-bond donors (Lipinski definition) is 1. The average Bonchev–Trinajstić information content (AvgIpc) is 3.10. The molecule has 2 nitrogen and oxygen atoms in total. The third kappa shape index (κ3) is 3.17. The van der Waals surface area contributed by atoms with Crippen LogP contribution in [0.25, 0.3) is 0 Å². The van der Waals surface area contributed by atoms with Gasteiger partial charge in [-0.1, -0.05) is 43.7 Å². The number of hydrogen-bond acceptors (Lipinski definition) is 2. The molecule has 2 heteroatoms. The number of benzene rings is 1. The van der Waals surface area contributed by atoms with E-state index in [0.717, 1.165) is 24.3 Å². The van der Waals surface area contributed by atoms with E-state index in [0.29, 0.717) is 0 Å². The molecular formula is C19H29NO. The molecular weight excluding hydrogens is 258 g/mol. The van der Waals surface area contributed by atoms with Crippen LogP contribution in [0.3, 0.4) is 0 Å². The lowest BCUT2D eigenvalue weighted by molar-refractivity contribution is 0.138. The van der Waals surface area contributed by atoms with Crippen molar-refractivity contribution < 1.29 is 5.11 Å². The average molecular weight is 287 g/mol. The highest BCUT2D eigenvalue weighted by molar-refractivity contribution is 5.25. The Labute approximate surface area is 129 Å². The molecule has 1 N–H and O–H groups in total. The summed E-state index contributed by atoms with van der Waals surface area (Å²) in [7, 11) is 2.23. The van der Waals surface area contributed by atoms with Crippen molar-refractivity contribution in [1.82, 2.24) is 4.90 Å². The summed E-state index contributed by atoms with van der Waals surface area (Å²) in [5.74, 6) is 2.90. The van der Waals surface area contributed by atoms with Crippen molar-refractivity contribution >= 4 is 0 Å². The van der Waals surface area contributed by atoms with E-state index in [9.17, 15) is 5.11 Å². The number of aliphatic hydroxyl groups is 1. The third-order valence-corrected chi connectivity index (χ3v) is 5.87. The summed E-state index contributed by atoms with van der Waals surface area (Å²) in [5.41, 5.74) is 1.08. The standard InChI is InChI=1S/C19H29NO/c1-19(14-21,18-6-4-3-5-7-18)13-20(2)12-17-11-15-8-9-16(17)10-15/h3-7,15-17,21H,8-14H2,1-2H3. The largest absolute Gasteiger partial charge is 0.395 e. The molecule has 0 heterocycles. The van der Waals surface area contributed by atoms with E-state index < -0.39 is 0 Å². The summed E-state index contributed by atoms with van der Waals surface area (Å²) in [6, 6.07) is 10.5. The SMILES string of the molecule is CN(CC1CC2CCC1C2)CC(C)(CO)c1ccccc1. The molecule has 2 bridgehead atoms. The second-order valence-electron chi connectivity index (χ2n) is 7.72. The Bertz CT molecular complexity index is 460. The van der Waals surface area contributed by atoms with Gasteiger partial charge in [0.1, 0.15) is 0 Å². The second-order valence-corrected chi connectivity index (χ2v) is 7.72. The Morgan fingerprint density at radius 3 is 2.52 bits per heavy atom. The van der Waals surface area contributed by atoms with Gasteiger partial charge in [0.05, 0.1) is 6.61 Å². The first-order chi connectivity index (χ1) is 10.1. The van der Waals surface area contributed by atoms with E-state index in [1.54, 1.807) is 0 Å². The van der Waals surface area contributed by atoms with E-state index in [-0.39, 0.29) is 12.0 Å². The van der Waals surface area contributed by atoms with E-state index in [1.165, 1.54) is 37.8 Å². The van der Waals surface area contributed by atoms with Crippen LogP contribution >= 0.6 is 0 Å². The normalized spacial score (nSPS) is 30.8. The van der Waals surface area contributed by atoms with Gasteiger partial charge in [-0.2, -0.15) is 0 Å². The fourth-order valence-electron chi connectivity index (χ4n) is 4.73. The topological polar surface area (TPSA) is 23.5 Å². The summed E-state index contributed by atoms with van der Waals surface area (Å²) in [5, 5.41) is 9.93. The van der Waals surface area contributed by atoms with Gasteiger partial charge in [-0.05, 0) is 49.6 Å². The minimum atomic E-state index is -0.159. The van der Waals surface area contributed by atoms with Crippen molar-refractivity contribution in [2.24, 2.45) is 17.8 Å². The van der Waals surface area contributed by atoms with E-state index >= 15 is 0 Å². The third-order valence-electron chi connectivity index (χ3n) is 5.87. The molecule has 21 heavy (non-hydrogen) atoms. The highest BCUT2D eigenvalue weighted by atomic mass is 16.3. The van der Waals surface area contributed by atoms with Gasteiger partial charge in [0.15, 0.2) is 0 Å². The van der Waals surface area contributed by atoms with Crippen LogP contribution < -0.4 is 0 Å². The van der Waals surface area contributed by atoms with Crippen LogP contribution in [0.1, 0.15) is 38.2 Å². The van der Waals surface area contributed by atoms with Gasteiger partial charge in [0, 0.05) is 18.5 Å². The highest BCUT2D eigenvalue weighted by Crippen LogP contribution is 2.48. The van der Waals surface area contributed by atoms with Gasteiger partial charge in [0.25, 0.3) is 0 Å². The number of fused-ring (bicyclic) bond motifs is 2. The predicted octanol–water partition coefficient (Wildman–Crippen LogP) is 3.30. The number of rotatable bonds is 6. The molecule has 1 aromatic rings. The molecule has 4 atom stereocenters. The zero-order valence-corrected chi connectivity index (χ0v) is 13.5. The van der Waals surface area contributed by atoms with Gasteiger partial charge in [-0.25, -0.2) is 0 Å². The first kappa shape index (κ1) is 15.1. The summed E-state index contributed by atoms with van der Waals surface area (Å²) in [6.07, 6.45) is 5.85. The molecule has 0 spiro atoms. The minimum absolute atomic E-state index is 0.159. The Morgan fingerprint density at radius 2 is 1.95 bits per heavy atom. The molecule has 0 saturated heterocycles. The molecule has 2 saturated carbocycles. The summed E-state index contributed by atoms with van der Waals surface area (Å²) < 4.78 is 0. The van der Waals surface area contributed by atoms with E-state index in [4.69, 9.17) is 0 Å².